The van der Waals surface area contributed by atoms with E-state index in [2.05, 4.69) is 30.1 Å². The zero-order chi connectivity index (χ0) is 16.1. The van der Waals surface area contributed by atoms with Crippen LogP contribution in [-0.2, 0) is 0 Å². The zero-order valence-corrected chi connectivity index (χ0v) is 12.6. The molecule has 120 valence electrons. The summed E-state index contributed by atoms with van der Waals surface area (Å²) in [7, 11) is 0. The summed E-state index contributed by atoms with van der Waals surface area (Å²) in [4.78, 5) is 27.0. The van der Waals surface area contributed by atoms with Crippen LogP contribution in [0.5, 0.6) is 0 Å². The molecular weight excluding hydrogens is 296 g/mol. The molecule has 0 unspecified atom stereocenters. The summed E-state index contributed by atoms with van der Waals surface area (Å²) in [5.74, 6) is 6.30. The van der Waals surface area contributed by atoms with Crippen molar-refractivity contribution < 1.29 is 0 Å². The molecule has 0 aromatic carbocycles. The standard InChI is InChI=1S/C14H18N8O/c15-19-5-4-16-11-9-20-22(14(11)23)13-8-12(17-10-18-13)21-6-2-1-3-7-21/h4-5,8-10,20H,1-3,6-7,15H2. The number of nitrogens with one attached hydrogen (secondary N) is 1. The normalized spacial score (nSPS) is 15.7. The molecule has 9 nitrogen and oxygen atoms in total. The lowest BCUT2D eigenvalue weighted by molar-refractivity contribution is 0.572. The van der Waals surface area contributed by atoms with Crippen LogP contribution >= 0.6 is 0 Å². The van der Waals surface area contributed by atoms with Gasteiger partial charge in [0.15, 0.2) is 5.82 Å². The van der Waals surface area contributed by atoms with Crippen molar-refractivity contribution in [1.29, 1.82) is 0 Å². The number of aromatic amines is 1. The number of hydrogen-bond acceptors (Lipinski definition) is 7. The minimum Gasteiger partial charge on any atom is -0.356 e. The summed E-state index contributed by atoms with van der Waals surface area (Å²) in [5, 5.41) is 6.14. The quantitative estimate of drug-likeness (QED) is 0.486. The van der Waals surface area contributed by atoms with Crippen molar-refractivity contribution in [3.8, 4) is 5.82 Å². The molecule has 0 amide bonds. The van der Waals surface area contributed by atoms with E-state index in [9.17, 15) is 4.79 Å². The Hall–Kier alpha value is -2.97. The van der Waals surface area contributed by atoms with Crippen LogP contribution in [0.15, 0.2) is 33.5 Å². The molecule has 1 fully saturated rings. The van der Waals surface area contributed by atoms with Gasteiger partial charge in [0, 0.05) is 25.4 Å². The van der Waals surface area contributed by atoms with E-state index in [1.807, 2.05) is 0 Å². The van der Waals surface area contributed by atoms with E-state index >= 15 is 0 Å². The van der Waals surface area contributed by atoms with Crippen molar-refractivity contribution in [2.45, 2.75) is 19.3 Å². The van der Waals surface area contributed by atoms with Gasteiger partial charge in [0.1, 0.15) is 17.8 Å². The monoisotopic (exact) mass is 314 g/mol. The van der Waals surface area contributed by atoms with Crippen LogP contribution in [0, 0.1) is 0 Å². The molecule has 3 rings (SSSR count). The summed E-state index contributed by atoms with van der Waals surface area (Å²) in [6.07, 6.45) is 9.19. The molecule has 0 saturated carbocycles. The number of anilines is 1. The van der Waals surface area contributed by atoms with Crippen molar-refractivity contribution in [3.05, 3.63) is 28.9 Å². The maximum atomic E-state index is 12.3. The van der Waals surface area contributed by atoms with Gasteiger partial charge in [-0.05, 0) is 19.3 Å². The lowest BCUT2D eigenvalue weighted by atomic mass is 10.1. The molecule has 3 heterocycles. The van der Waals surface area contributed by atoms with Gasteiger partial charge in [0.2, 0.25) is 0 Å². The van der Waals surface area contributed by atoms with Crippen LogP contribution in [-0.4, -0.2) is 45.3 Å². The van der Waals surface area contributed by atoms with Crippen molar-refractivity contribution in [3.63, 3.8) is 0 Å². The second kappa shape index (κ2) is 6.86. The first-order valence-corrected chi connectivity index (χ1v) is 7.43. The minimum atomic E-state index is -0.296. The lowest BCUT2D eigenvalue weighted by Crippen LogP contribution is -2.30. The smallest absolute Gasteiger partial charge is 0.298 e. The molecule has 1 aliphatic rings. The number of nitrogens with two attached hydrogens (primary N) is 1. The number of aromatic nitrogens is 4. The van der Waals surface area contributed by atoms with Gasteiger partial charge in [-0.2, -0.15) is 9.78 Å². The van der Waals surface area contributed by atoms with Gasteiger partial charge in [-0.15, -0.1) is 0 Å². The fraction of sp³-hybridized carbons (Fsp3) is 0.357. The molecule has 0 aliphatic carbocycles. The van der Waals surface area contributed by atoms with Gasteiger partial charge < -0.3 is 10.7 Å². The van der Waals surface area contributed by atoms with Crippen LogP contribution in [0.4, 0.5) is 11.5 Å². The fourth-order valence-electron chi connectivity index (χ4n) is 2.53. The Balaban J connectivity index is 1.88. The molecule has 0 spiro atoms. The Bertz CT molecular complexity index is 769. The largest absolute Gasteiger partial charge is 0.356 e. The first-order valence-electron chi connectivity index (χ1n) is 7.43. The molecule has 0 atom stereocenters. The highest BCUT2D eigenvalue weighted by atomic mass is 16.1. The van der Waals surface area contributed by atoms with E-state index in [-0.39, 0.29) is 11.2 Å². The number of piperidine rings is 1. The highest BCUT2D eigenvalue weighted by Crippen LogP contribution is 2.18. The predicted molar refractivity (Wildman–Crippen MR) is 88.9 cm³/mol. The van der Waals surface area contributed by atoms with E-state index in [1.54, 1.807) is 6.07 Å². The number of nitrogens with zero attached hydrogens (tertiary/aromatic N) is 6. The number of hydrogen-bond donors (Lipinski definition) is 2. The average molecular weight is 314 g/mol. The van der Waals surface area contributed by atoms with E-state index in [0.717, 1.165) is 31.7 Å². The molecule has 0 bridgehead atoms. The summed E-state index contributed by atoms with van der Waals surface area (Å²) in [6, 6.07) is 1.80. The second-order valence-corrected chi connectivity index (χ2v) is 5.16. The van der Waals surface area contributed by atoms with Gasteiger partial charge >= 0.3 is 0 Å². The van der Waals surface area contributed by atoms with Crippen molar-refractivity contribution >= 4 is 23.9 Å². The number of hydrazone groups is 1. The predicted octanol–water partition coefficient (Wildman–Crippen LogP) is 0.593. The van der Waals surface area contributed by atoms with Crippen molar-refractivity contribution in [1.82, 2.24) is 19.7 Å². The van der Waals surface area contributed by atoms with E-state index < -0.39 is 0 Å². The van der Waals surface area contributed by atoms with Gasteiger partial charge in [0.05, 0.1) is 12.4 Å². The van der Waals surface area contributed by atoms with Crippen LogP contribution in [0.2, 0.25) is 0 Å². The van der Waals surface area contributed by atoms with Crippen molar-refractivity contribution in [2.75, 3.05) is 18.0 Å². The van der Waals surface area contributed by atoms with Crippen LogP contribution in [0.1, 0.15) is 19.3 Å². The lowest BCUT2D eigenvalue weighted by Gasteiger charge is -2.27. The average Bonchev–Trinajstić information content (AvgIpc) is 2.97. The maximum Gasteiger partial charge on any atom is 0.298 e. The number of rotatable bonds is 4. The Morgan fingerprint density at radius 2 is 1.96 bits per heavy atom. The first kappa shape index (κ1) is 14.9. The zero-order valence-electron chi connectivity index (χ0n) is 12.6. The summed E-state index contributed by atoms with van der Waals surface area (Å²) < 4.78 is 1.33. The summed E-state index contributed by atoms with van der Waals surface area (Å²) >= 11 is 0. The summed E-state index contributed by atoms with van der Waals surface area (Å²) in [6.45, 7) is 1.95. The Morgan fingerprint density at radius 3 is 2.74 bits per heavy atom. The SMILES string of the molecule is NN=CC=Nc1c[nH]n(-c2cc(N3CCCCC3)ncn2)c1=O. The Kier molecular flexibility index (Phi) is 4.46. The highest BCUT2D eigenvalue weighted by molar-refractivity contribution is 6.16. The third-order valence-electron chi connectivity index (χ3n) is 3.67. The molecule has 3 N–H and O–H groups in total. The van der Waals surface area contributed by atoms with Gasteiger partial charge in [-0.1, -0.05) is 0 Å². The molecule has 2 aromatic heterocycles. The van der Waals surface area contributed by atoms with E-state index in [0.29, 0.717) is 5.82 Å². The molecule has 23 heavy (non-hydrogen) atoms. The third-order valence-corrected chi connectivity index (χ3v) is 3.67. The minimum absolute atomic E-state index is 0.253. The number of H-pyrrole nitrogens is 1. The molecule has 0 radical (unpaired) electrons. The van der Waals surface area contributed by atoms with Crippen molar-refractivity contribution in [2.24, 2.45) is 15.9 Å². The highest BCUT2D eigenvalue weighted by Gasteiger charge is 2.14. The van der Waals surface area contributed by atoms with Gasteiger partial charge in [0.25, 0.3) is 5.56 Å². The Labute approximate surface area is 132 Å². The molecule has 9 heteroatoms. The molecule has 1 aliphatic heterocycles. The topological polar surface area (TPSA) is 118 Å². The van der Waals surface area contributed by atoms with E-state index in [4.69, 9.17) is 5.84 Å². The molecule has 1 saturated heterocycles. The number of aliphatic imine (C=N–C) groups is 1. The Morgan fingerprint density at radius 1 is 1.17 bits per heavy atom. The van der Waals surface area contributed by atoms with Gasteiger partial charge in [-0.25, -0.2) is 15.0 Å². The second-order valence-electron chi connectivity index (χ2n) is 5.16. The third kappa shape index (κ3) is 3.28. The summed E-state index contributed by atoms with van der Waals surface area (Å²) in [5.41, 5.74) is -0.0435. The van der Waals surface area contributed by atoms with E-state index in [1.165, 1.54) is 36.1 Å². The van der Waals surface area contributed by atoms with Crippen LogP contribution in [0.3, 0.4) is 0 Å². The maximum absolute atomic E-state index is 12.3. The van der Waals surface area contributed by atoms with Crippen LogP contribution < -0.4 is 16.3 Å². The fourth-order valence-corrected chi connectivity index (χ4v) is 2.53. The first-order chi connectivity index (χ1) is 11.3. The molecule has 2 aromatic rings. The van der Waals surface area contributed by atoms with Gasteiger partial charge in [-0.3, -0.25) is 9.89 Å². The van der Waals surface area contributed by atoms with Crippen LogP contribution in [0.25, 0.3) is 5.82 Å². The molecular formula is C14H18N8O.